The quantitative estimate of drug-likeness (QED) is 0.0628. The summed E-state index contributed by atoms with van der Waals surface area (Å²) >= 11 is 0. The molecular formula is C34H49N7O5. The van der Waals surface area contributed by atoms with Gasteiger partial charge in [0, 0.05) is 25.2 Å². The molecule has 0 aromatic heterocycles. The number of carbonyl (C=O) groups is 4. The molecule has 0 saturated carbocycles. The van der Waals surface area contributed by atoms with E-state index < -0.39 is 30.1 Å². The summed E-state index contributed by atoms with van der Waals surface area (Å²) in [6.45, 7) is 8.24. The van der Waals surface area contributed by atoms with E-state index in [-0.39, 0.29) is 55.7 Å². The number of alkyl carbamates (subject to hydrolysis) is 1. The number of rotatable bonds is 18. The molecule has 2 rings (SSSR count). The van der Waals surface area contributed by atoms with Crippen molar-refractivity contribution in [2.45, 2.75) is 71.7 Å². The van der Waals surface area contributed by atoms with Crippen molar-refractivity contribution in [2.75, 3.05) is 13.1 Å². The predicted molar refractivity (Wildman–Crippen MR) is 180 cm³/mol. The highest BCUT2D eigenvalue weighted by atomic mass is 16.5. The van der Waals surface area contributed by atoms with Crippen LogP contribution in [0, 0.1) is 11.8 Å². The third kappa shape index (κ3) is 15.2. The SMILES string of the molecule is CC(C)C[C@H](NC(=O)[C@H](CCCN=C(N)N)NC(=O)OCc1ccccc1)C(=O)NC(CNC(=O)/C=C/c1ccccc1)C(C)C. The van der Waals surface area contributed by atoms with Crippen molar-refractivity contribution in [3.8, 4) is 0 Å². The molecule has 0 radical (unpaired) electrons. The van der Waals surface area contributed by atoms with Crippen LogP contribution in [0.2, 0.25) is 0 Å². The van der Waals surface area contributed by atoms with Gasteiger partial charge in [-0.15, -0.1) is 0 Å². The minimum absolute atomic E-state index is 0.0120. The third-order valence-corrected chi connectivity index (χ3v) is 6.96. The molecule has 0 saturated heterocycles. The van der Waals surface area contributed by atoms with Gasteiger partial charge >= 0.3 is 6.09 Å². The zero-order valence-corrected chi connectivity index (χ0v) is 27.2. The number of nitrogens with zero attached hydrogens (tertiary/aromatic N) is 1. The summed E-state index contributed by atoms with van der Waals surface area (Å²) < 4.78 is 5.32. The molecule has 0 aliphatic rings. The van der Waals surface area contributed by atoms with Gasteiger partial charge in [0.15, 0.2) is 5.96 Å². The zero-order valence-electron chi connectivity index (χ0n) is 27.2. The smallest absolute Gasteiger partial charge is 0.408 e. The molecule has 2 aromatic carbocycles. The van der Waals surface area contributed by atoms with Crippen LogP contribution in [0.15, 0.2) is 71.7 Å². The van der Waals surface area contributed by atoms with E-state index in [0.717, 1.165) is 11.1 Å². The number of nitrogens with one attached hydrogen (secondary N) is 4. The van der Waals surface area contributed by atoms with Crippen molar-refractivity contribution >= 4 is 35.9 Å². The van der Waals surface area contributed by atoms with Crippen molar-refractivity contribution in [1.82, 2.24) is 21.3 Å². The first-order chi connectivity index (χ1) is 21.9. The first-order valence-electron chi connectivity index (χ1n) is 15.6. The maximum absolute atomic E-state index is 13.5. The molecule has 46 heavy (non-hydrogen) atoms. The Hall–Kier alpha value is -4.87. The summed E-state index contributed by atoms with van der Waals surface area (Å²) in [6, 6.07) is 16.3. The Morgan fingerprint density at radius 2 is 1.48 bits per heavy atom. The summed E-state index contributed by atoms with van der Waals surface area (Å²) in [5.41, 5.74) is 12.5. The predicted octanol–water partition coefficient (Wildman–Crippen LogP) is 2.84. The molecule has 0 bridgehead atoms. The van der Waals surface area contributed by atoms with Crippen LogP contribution < -0.4 is 32.7 Å². The second-order valence-electron chi connectivity index (χ2n) is 11.7. The van der Waals surface area contributed by atoms with Gasteiger partial charge in [0.2, 0.25) is 17.7 Å². The highest BCUT2D eigenvalue weighted by Crippen LogP contribution is 2.10. The molecule has 3 atom stereocenters. The number of hydrogen-bond acceptors (Lipinski definition) is 6. The summed E-state index contributed by atoms with van der Waals surface area (Å²) in [7, 11) is 0. The van der Waals surface area contributed by atoms with E-state index in [1.165, 1.54) is 6.08 Å². The van der Waals surface area contributed by atoms with E-state index >= 15 is 0 Å². The molecular weight excluding hydrogens is 586 g/mol. The maximum atomic E-state index is 13.5. The standard InChI is InChI=1S/C34H49N7O5/c1-23(2)20-28(32(44)40-29(24(3)4)21-38-30(42)18-17-25-12-7-5-8-13-25)39-31(43)27(16-11-19-37-33(35)36)41-34(45)46-22-26-14-9-6-10-15-26/h5-10,12-15,17-18,23-24,27-29H,11,16,19-22H2,1-4H3,(H,38,42)(H,39,43)(H,40,44)(H,41,45)(H4,35,36,37)/b18-17+/t27-,28-,29?/m0/s1. The van der Waals surface area contributed by atoms with Crippen LogP contribution in [0.5, 0.6) is 0 Å². The number of guanidine groups is 1. The number of hydrogen-bond donors (Lipinski definition) is 6. The van der Waals surface area contributed by atoms with Crippen molar-refractivity contribution in [1.29, 1.82) is 0 Å². The van der Waals surface area contributed by atoms with Crippen molar-refractivity contribution in [3.63, 3.8) is 0 Å². The Morgan fingerprint density at radius 3 is 2.09 bits per heavy atom. The molecule has 8 N–H and O–H groups in total. The monoisotopic (exact) mass is 635 g/mol. The fraction of sp³-hybridized carbons (Fsp3) is 0.441. The Labute approximate surface area is 271 Å². The Morgan fingerprint density at radius 1 is 0.848 bits per heavy atom. The molecule has 0 aliphatic carbocycles. The highest BCUT2D eigenvalue weighted by Gasteiger charge is 2.29. The van der Waals surface area contributed by atoms with Crippen molar-refractivity contribution in [3.05, 3.63) is 77.9 Å². The fourth-order valence-electron chi connectivity index (χ4n) is 4.40. The van der Waals surface area contributed by atoms with Gasteiger partial charge in [-0.1, -0.05) is 88.4 Å². The Bertz CT molecular complexity index is 1300. The lowest BCUT2D eigenvalue weighted by Gasteiger charge is -2.28. The van der Waals surface area contributed by atoms with Crippen LogP contribution in [0.1, 0.15) is 58.1 Å². The van der Waals surface area contributed by atoms with Crippen LogP contribution in [0.25, 0.3) is 6.08 Å². The van der Waals surface area contributed by atoms with Gasteiger partial charge in [0.05, 0.1) is 0 Å². The number of benzene rings is 2. The second-order valence-corrected chi connectivity index (χ2v) is 11.7. The van der Waals surface area contributed by atoms with Crippen molar-refractivity contribution in [2.24, 2.45) is 28.3 Å². The lowest BCUT2D eigenvalue weighted by Crippen LogP contribution is -2.57. The van der Waals surface area contributed by atoms with Gasteiger partial charge in [-0.2, -0.15) is 0 Å². The molecule has 0 aliphatic heterocycles. The van der Waals surface area contributed by atoms with Gasteiger partial charge in [-0.25, -0.2) is 4.79 Å². The molecule has 0 fully saturated rings. The van der Waals surface area contributed by atoms with Crippen molar-refractivity contribution < 1.29 is 23.9 Å². The fourth-order valence-corrected chi connectivity index (χ4v) is 4.40. The first kappa shape index (κ1) is 37.3. The largest absolute Gasteiger partial charge is 0.445 e. The zero-order chi connectivity index (χ0) is 33.9. The van der Waals surface area contributed by atoms with Crippen LogP contribution in [-0.4, -0.2) is 61.0 Å². The van der Waals surface area contributed by atoms with Gasteiger partial charge in [0.1, 0.15) is 18.7 Å². The number of aliphatic imine (C=N–C) groups is 1. The average Bonchev–Trinajstić information content (AvgIpc) is 3.02. The third-order valence-electron chi connectivity index (χ3n) is 6.96. The van der Waals surface area contributed by atoms with Crippen LogP contribution >= 0.6 is 0 Å². The lowest BCUT2D eigenvalue weighted by atomic mass is 9.99. The second kappa shape index (κ2) is 20.2. The van der Waals surface area contributed by atoms with Gasteiger partial charge in [-0.05, 0) is 48.3 Å². The van der Waals surface area contributed by atoms with Crippen LogP contribution in [-0.2, 0) is 25.7 Å². The summed E-state index contributed by atoms with van der Waals surface area (Å²) in [4.78, 5) is 56.0. The number of ether oxygens (including phenoxy) is 1. The topological polar surface area (TPSA) is 190 Å². The van der Waals surface area contributed by atoms with E-state index in [1.807, 2.05) is 88.4 Å². The molecule has 0 spiro atoms. The normalized spacial score (nSPS) is 13.0. The molecule has 2 aromatic rings. The molecule has 0 heterocycles. The molecule has 12 heteroatoms. The lowest BCUT2D eigenvalue weighted by molar-refractivity contribution is -0.131. The van der Waals surface area contributed by atoms with Crippen LogP contribution in [0.3, 0.4) is 0 Å². The summed E-state index contributed by atoms with van der Waals surface area (Å²) in [5.74, 6) is -1.23. The van der Waals surface area contributed by atoms with Gasteiger partial charge in [-0.3, -0.25) is 19.4 Å². The number of amides is 4. The van der Waals surface area contributed by atoms with E-state index in [9.17, 15) is 19.2 Å². The molecule has 4 amide bonds. The Kier molecular flexibility index (Phi) is 16.4. The molecule has 1 unspecified atom stereocenters. The molecule has 12 nitrogen and oxygen atoms in total. The van der Waals surface area contributed by atoms with E-state index in [1.54, 1.807) is 6.08 Å². The van der Waals surface area contributed by atoms with E-state index in [4.69, 9.17) is 16.2 Å². The highest BCUT2D eigenvalue weighted by molar-refractivity contribution is 5.92. The van der Waals surface area contributed by atoms with Gasteiger partial charge < -0.3 is 37.5 Å². The summed E-state index contributed by atoms with van der Waals surface area (Å²) in [5, 5.41) is 11.3. The number of carbonyl (C=O) groups excluding carboxylic acids is 4. The Balaban J connectivity index is 2.06. The molecule has 250 valence electrons. The minimum atomic E-state index is -1.00. The minimum Gasteiger partial charge on any atom is -0.445 e. The van der Waals surface area contributed by atoms with Gasteiger partial charge in [0.25, 0.3) is 0 Å². The average molecular weight is 636 g/mol. The number of nitrogens with two attached hydrogens (primary N) is 2. The van der Waals surface area contributed by atoms with E-state index in [0.29, 0.717) is 12.8 Å². The summed E-state index contributed by atoms with van der Waals surface area (Å²) in [6.07, 6.45) is 3.34. The van der Waals surface area contributed by atoms with E-state index in [2.05, 4.69) is 26.3 Å². The van der Waals surface area contributed by atoms with Crippen LogP contribution in [0.4, 0.5) is 4.79 Å². The first-order valence-corrected chi connectivity index (χ1v) is 15.6. The maximum Gasteiger partial charge on any atom is 0.408 e.